The molecule has 3 aliphatic heterocycles. The monoisotopic (exact) mass is 693 g/mol. The van der Waals surface area contributed by atoms with Gasteiger partial charge in [-0.1, -0.05) is 65.8 Å². The zero-order valence-electron chi connectivity index (χ0n) is 32.2. The topological polar surface area (TPSA) is 113 Å². The van der Waals surface area contributed by atoms with E-state index in [-0.39, 0.29) is 60.1 Å². The zero-order chi connectivity index (χ0) is 36.6. The maximum Gasteiger partial charge on any atom is 0.306 e. The molecule has 15 atom stereocenters. The first-order valence-corrected chi connectivity index (χ1v) is 18.5. The van der Waals surface area contributed by atoms with Crippen molar-refractivity contribution >= 4 is 12.3 Å². The van der Waals surface area contributed by atoms with Crippen LogP contribution in [0, 0.1) is 35.0 Å². The molecule has 1 N–H and O–H groups in total. The summed E-state index contributed by atoms with van der Waals surface area (Å²) in [5.41, 5.74) is 0.0220. The summed E-state index contributed by atoms with van der Waals surface area (Å²) < 4.78 is 38.1. The van der Waals surface area contributed by atoms with E-state index in [1.807, 2.05) is 58.0 Å². The van der Waals surface area contributed by atoms with E-state index in [1.165, 1.54) is 0 Å². The molecule has 0 aromatic heterocycles. The van der Waals surface area contributed by atoms with Crippen molar-refractivity contribution in [2.24, 2.45) is 35.0 Å². The number of esters is 1. The van der Waals surface area contributed by atoms with E-state index in [2.05, 4.69) is 47.6 Å². The number of methoxy groups -OCH3 is 1. The van der Waals surface area contributed by atoms with Gasteiger partial charge < -0.3 is 43.2 Å². The van der Waals surface area contributed by atoms with Crippen LogP contribution in [0.5, 0.6) is 0 Å². The summed E-state index contributed by atoms with van der Waals surface area (Å²) in [5, 5.41) is 12.0. The van der Waals surface area contributed by atoms with Crippen LogP contribution in [0.25, 0.3) is 0 Å². The van der Waals surface area contributed by atoms with Gasteiger partial charge in [0, 0.05) is 26.4 Å². The fourth-order valence-electron chi connectivity index (χ4n) is 7.78. The minimum Gasteiger partial charge on any atom is -0.462 e. The van der Waals surface area contributed by atoms with Gasteiger partial charge >= 0.3 is 5.97 Å². The summed E-state index contributed by atoms with van der Waals surface area (Å²) in [6.07, 6.45) is 6.43. The molecular formula is C39H67NO9. The number of allylic oxidation sites excluding steroid dienone is 3. The number of rotatable bonds is 8. The molecule has 0 amide bonds. The number of aliphatic hydroxyl groups excluding tert-OH is 1. The third kappa shape index (κ3) is 11.2. The number of carbonyl (C=O) groups excluding carboxylic acids is 2. The molecule has 0 aromatic rings. The molecule has 0 bridgehead atoms. The predicted molar refractivity (Wildman–Crippen MR) is 190 cm³/mol. The number of likely N-dealkylation sites (N-methyl/N-ethyl adjacent to an activating group) is 1. The Balaban J connectivity index is 1.94. The first-order chi connectivity index (χ1) is 23.0. The smallest absolute Gasteiger partial charge is 0.306 e. The first kappa shape index (κ1) is 41.8. The molecule has 3 rings (SSSR count). The van der Waals surface area contributed by atoms with Crippen LogP contribution in [0.4, 0.5) is 0 Å². The van der Waals surface area contributed by atoms with Crippen LogP contribution in [-0.4, -0.2) is 105 Å². The lowest BCUT2D eigenvalue weighted by atomic mass is 9.73. The molecule has 49 heavy (non-hydrogen) atoms. The highest BCUT2D eigenvalue weighted by Gasteiger charge is 2.50. The van der Waals surface area contributed by atoms with Gasteiger partial charge in [-0.15, -0.1) is 0 Å². The predicted octanol–water partition coefficient (Wildman–Crippen LogP) is 5.95. The van der Waals surface area contributed by atoms with Gasteiger partial charge in [0.25, 0.3) is 0 Å². The van der Waals surface area contributed by atoms with E-state index in [1.54, 1.807) is 7.11 Å². The lowest BCUT2D eigenvalue weighted by Gasteiger charge is -2.50. The van der Waals surface area contributed by atoms with E-state index >= 15 is 0 Å². The van der Waals surface area contributed by atoms with E-state index in [0.29, 0.717) is 18.8 Å². The number of hydrogen-bond donors (Lipinski definition) is 1. The van der Waals surface area contributed by atoms with Crippen molar-refractivity contribution in [2.75, 3.05) is 21.2 Å². The summed E-state index contributed by atoms with van der Waals surface area (Å²) in [5.74, 6) is -0.0977. The Morgan fingerprint density at radius 1 is 0.959 bits per heavy atom. The largest absolute Gasteiger partial charge is 0.462 e. The Morgan fingerprint density at radius 2 is 1.65 bits per heavy atom. The summed E-state index contributed by atoms with van der Waals surface area (Å²) in [4.78, 5) is 27.2. The summed E-state index contributed by atoms with van der Waals surface area (Å²) in [6.45, 7) is 18.9. The third-order valence-electron chi connectivity index (χ3n) is 11.5. The molecule has 282 valence electrons. The van der Waals surface area contributed by atoms with E-state index in [0.717, 1.165) is 12.7 Å². The highest BCUT2D eigenvalue weighted by Crippen LogP contribution is 2.42. The van der Waals surface area contributed by atoms with Gasteiger partial charge in [0.1, 0.15) is 24.6 Å². The number of ether oxygens (including phenoxy) is 6. The lowest BCUT2D eigenvalue weighted by Crippen LogP contribution is -2.65. The quantitative estimate of drug-likeness (QED) is 0.242. The molecular weight excluding hydrogens is 626 g/mol. The fraction of sp³-hybridized carbons (Fsp3) is 0.846. The molecule has 3 heterocycles. The van der Waals surface area contributed by atoms with Gasteiger partial charge in [-0.25, -0.2) is 0 Å². The van der Waals surface area contributed by atoms with Crippen LogP contribution in [0.3, 0.4) is 0 Å². The van der Waals surface area contributed by atoms with Gasteiger partial charge in [0.2, 0.25) is 0 Å². The van der Waals surface area contributed by atoms with E-state index in [4.69, 9.17) is 28.4 Å². The van der Waals surface area contributed by atoms with Crippen molar-refractivity contribution in [1.29, 1.82) is 0 Å². The minimum absolute atomic E-state index is 0.0220. The average Bonchev–Trinajstić information content (AvgIpc) is 3.00. The molecule has 0 radical (unpaired) electrons. The van der Waals surface area contributed by atoms with Gasteiger partial charge in [-0.2, -0.15) is 0 Å². The number of aldehydes is 1. The van der Waals surface area contributed by atoms with Crippen LogP contribution in [0.2, 0.25) is 0 Å². The SMILES string of the molecule is CO[C@@H]1[C@@H](O[C@@H]2O[C@@H](C)C(O[C@H]3CC(C)(C)C(C)[C@@H](C)O3)C(N(C)C)C2O)[C@@H](CC=O)C[C@@H](C)[C@@H](C)/C=C/C=C/C[C@@H](C)OC(=O)C[C@H]1C. The molecule has 10 nitrogen and oxygen atoms in total. The van der Waals surface area contributed by atoms with Crippen molar-refractivity contribution in [3.8, 4) is 0 Å². The number of aliphatic hydroxyl groups is 1. The Kier molecular flexibility index (Phi) is 16.0. The van der Waals surface area contributed by atoms with Crippen LogP contribution < -0.4 is 0 Å². The fourth-order valence-corrected chi connectivity index (χ4v) is 7.78. The molecule has 0 spiro atoms. The standard InChI is InChI=1S/C39H67NO9/c1-23-16-14-13-15-17-26(4)45-31(42)21-25(3)35(44-12)37(30(18-19-41)20-24(23)2)49-38-34(43)33(40(10)11)36(29(7)47-38)48-32-22-39(8,9)27(5)28(6)46-32/h13-16,19,23-30,32-38,43H,17-18,20-22H2,1-12H3/b15-13+,16-14+/t23-,24+,25+,26+,27?,28+,29-,30-,32-,33?,34?,35-,36?,37-,38-/m0/s1. The van der Waals surface area contributed by atoms with Crippen molar-refractivity contribution in [3.63, 3.8) is 0 Å². The second-order valence-corrected chi connectivity index (χ2v) is 16.1. The van der Waals surface area contributed by atoms with Crippen LogP contribution >= 0.6 is 0 Å². The van der Waals surface area contributed by atoms with Crippen molar-refractivity contribution in [2.45, 2.75) is 156 Å². The van der Waals surface area contributed by atoms with Gasteiger partial charge in [0.15, 0.2) is 12.6 Å². The molecule has 3 aliphatic rings. The van der Waals surface area contributed by atoms with Crippen molar-refractivity contribution < 1.29 is 43.1 Å². The van der Waals surface area contributed by atoms with Gasteiger partial charge in [0.05, 0.1) is 36.9 Å². The van der Waals surface area contributed by atoms with Crippen molar-refractivity contribution in [1.82, 2.24) is 4.90 Å². The Bertz CT molecular complexity index is 1090. The number of hydrogen-bond acceptors (Lipinski definition) is 10. The number of carbonyl (C=O) groups is 2. The molecule has 0 saturated carbocycles. The second-order valence-electron chi connectivity index (χ2n) is 16.1. The van der Waals surface area contributed by atoms with Crippen LogP contribution in [0.1, 0.15) is 94.4 Å². The maximum atomic E-state index is 13.0. The summed E-state index contributed by atoms with van der Waals surface area (Å²) in [7, 11) is 5.42. The second kappa shape index (κ2) is 18.7. The first-order valence-electron chi connectivity index (χ1n) is 18.5. The zero-order valence-corrected chi connectivity index (χ0v) is 32.2. The van der Waals surface area contributed by atoms with E-state index in [9.17, 15) is 14.7 Å². The molecule has 0 aliphatic carbocycles. The highest BCUT2D eigenvalue weighted by atomic mass is 16.7. The molecule has 2 fully saturated rings. The van der Waals surface area contributed by atoms with E-state index < -0.39 is 49.1 Å². The molecule has 4 unspecified atom stereocenters. The highest BCUT2D eigenvalue weighted by molar-refractivity contribution is 5.70. The summed E-state index contributed by atoms with van der Waals surface area (Å²) >= 11 is 0. The number of nitrogens with zero attached hydrogens (tertiary/aromatic N) is 1. The third-order valence-corrected chi connectivity index (χ3v) is 11.5. The van der Waals surface area contributed by atoms with Gasteiger partial charge in [-0.05, 0) is 76.3 Å². The van der Waals surface area contributed by atoms with Gasteiger partial charge in [-0.3, -0.25) is 4.79 Å². The Labute approximate surface area is 296 Å². The van der Waals surface area contributed by atoms with Crippen LogP contribution in [0.15, 0.2) is 24.3 Å². The average molecular weight is 694 g/mol. The lowest BCUT2D eigenvalue weighted by molar-refractivity contribution is -0.337. The summed E-state index contributed by atoms with van der Waals surface area (Å²) in [6, 6.07) is -0.474. The Hall–Kier alpha value is -1.66. The normalized spacial score (nSPS) is 44.2. The molecule has 10 heteroatoms. The number of cyclic esters (lactones) is 1. The molecule has 0 aromatic carbocycles. The van der Waals surface area contributed by atoms with Crippen molar-refractivity contribution in [3.05, 3.63) is 24.3 Å². The molecule has 2 saturated heterocycles. The van der Waals surface area contributed by atoms with Crippen LogP contribution in [-0.2, 0) is 38.0 Å². The minimum atomic E-state index is -1.09. The maximum absolute atomic E-state index is 13.0. The Morgan fingerprint density at radius 3 is 2.27 bits per heavy atom.